The van der Waals surface area contributed by atoms with E-state index in [2.05, 4.69) is 46.5 Å². The highest BCUT2D eigenvalue weighted by Gasteiger charge is 2.25. The maximum atomic E-state index is 4.48. The molecule has 3 nitrogen and oxygen atoms in total. The Morgan fingerprint density at radius 3 is 2.95 bits per heavy atom. The van der Waals surface area contributed by atoms with Crippen molar-refractivity contribution in [3.05, 3.63) is 42.1 Å². The van der Waals surface area contributed by atoms with E-state index in [9.17, 15) is 0 Å². The zero-order valence-corrected chi connectivity index (χ0v) is 11.5. The van der Waals surface area contributed by atoms with Gasteiger partial charge < -0.3 is 10.2 Å². The van der Waals surface area contributed by atoms with Crippen LogP contribution in [-0.4, -0.2) is 36.1 Å². The van der Waals surface area contributed by atoms with E-state index in [-0.39, 0.29) is 0 Å². The Balaban J connectivity index is 1.56. The molecule has 3 heteroatoms. The number of nitrogens with zero attached hydrogens (tertiary/aromatic N) is 2. The van der Waals surface area contributed by atoms with Crippen LogP contribution in [0.5, 0.6) is 0 Å². The molecule has 1 aromatic heterocycles. The van der Waals surface area contributed by atoms with Crippen LogP contribution in [0.2, 0.25) is 0 Å². The summed E-state index contributed by atoms with van der Waals surface area (Å²) in [5.74, 6) is 0. The number of fused-ring (bicyclic) bond motifs is 1. The zero-order valence-electron chi connectivity index (χ0n) is 11.5. The molecule has 1 N–H and O–H groups in total. The van der Waals surface area contributed by atoms with Crippen LogP contribution in [0.1, 0.15) is 18.4 Å². The molecule has 0 aliphatic heterocycles. The van der Waals surface area contributed by atoms with Gasteiger partial charge in [-0.05, 0) is 31.5 Å². The lowest BCUT2D eigenvalue weighted by Gasteiger charge is -2.16. The van der Waals surface area contributed by atoms with Crippen LogP contribution in [-0.2, 0) is 6.54 Å². The quantitative estimate of drug-likeness (QED) is 0.804. The minimum absolute atomic E-state index is 0.848. The second kappa shape index (κ2) is 5.68. The van der Waals surface area contributed by atoms with Gasteiger partial charge in [0.2, 0.25) is 0 Å². The van der Waals surface area contributed by atoms with Gasteiger partial charge in [-0.3, -0.25) is 4.98 Å². The Kier molecular flexibility index (Phi) is 3.76. The molecule has 1 heterocycles. The Labute approximate surface area is 114 Å². The Morgan fingerprint density at radius 1 is 1.26 bits per heavy atom. The van der Waals surface area contributed by atoms with E-state index in [1.807, 2.05) is 12.3 Å². The monoisotopic (exact) mass is 255 g/mol. The Bertz CT molecular complexity index is 543. The van der Waals surface area contributed by atoms with Crippen LogP contribution in [0.15, 0.2) is 36.5 Å². The molecule has 0 bridgehead atoms. The standard InChI is InChI=1S/C16H21N3/c1-19(15-7-8-15)11-10-17-12-14-5-2-4-13-6-3-9-18-16(13)14/h2-6,9,15,17H,7-8,10-12H2,1H3. The lowest BCUT2D eigenvalue weighted by molar-refractivity contribution is 0.321. The van der Waals surface area contributed by atoms with E-state index >= 15 is 0 Å². The summed E-state index contributed by atoms with van der Waals surface area (Å²) in [5, 5.41) is 4.75. The number of para-hydroxylation sites is 1. The molecule has 0 amide bonds. The molecular formula is C16H21N3. The summed E-state index contributed by atoms with van der Waals surface area (Å²) in [6, 6.07) is 11.3. The number of nitrogens with one attached hydrogen (secondary N) is 1. The Morgan fingerprint density at radius 2 is 2.11 bits per heavy atom. The molecule has 1 aliphatic carbocycles. The van der Waals surface area contributed by atoms with Gasteiger partial charge in [0, 0.05) is 37.3 Å². The first kappa shape index (κ1) is 12.6. The summed E-state index contributed by atoms with van der Waals surface area (Å²) < 4.78 is 0. The summed E-state index contributed by atoms with van der Waals surface area (Å²) in [4.78, 5) is 6.94. The lowest BCUT2D eigenvalue weighted by Crippen LogP contribution is -2.30. The number of rotatable bonds is 6. The van der Waals surface area contributed by atoms with Crippen molar-refractivity contribution in [3.8, 4) is 0 Å². The van der Waals surface area contributed by atoms with Gasteiger partial charge in [-0.25, -0.2) is 0 Å². The topological polar surface area (TPSA) is 28.2 Å². The fraction of sp³-hybridized carbons (Fsp3) is 0.438. The van der Waals surface area contributed by atoms with E-state index in [1.165, 1.54) is 23.8 Å². The molecule has 1 aromatic carbocycles. The first-order chi connectivity index (χ1) is 9.34. The van der Waals surface area contributed by atoms with E-state index < -0.39 is 0 Å². The van der Waals surface area contributed by atoms with Gasteiger partial charge >= 0.3 is 0 Å². The van der Waals surface area contributed by atoms with Gasteiger partial charge in [-0.1, -0.05) is 24.3 Å². The van der Waals surface area contributed by atoms with Crippen LogP contribution < -0.4 is 5.32 Å². The van der Waals surface area contributed by atoms with Crippen molar-refractivity contribution in [2.45, 2.75) is 25.4 Å². The van der Waals surface area contributed by atoms with Crippen molar-refractivity contribution in [1.29, 1.82) is 0 Å². The molecule has 0 radical (unpaired) electrons. The van der Waals surface area contributed by atoms with Crippen molar-refractivity contribution >= 4 is 10.9 Å². The van der Waals surface area contributed by atoms with Crippen molar-refractivity contribution in [2.24, 2.45) is 0 Å². The minimum Gasteiger partial charge on any atom is -0.311 e. The van der Waals surface area contributed by atoms with Crippen LogP contribution in [0, 0.1) is 0 Å². The predicted molar refractivity (Wildman–Crippen MR) is 79.1 cm³/mol. The SMILES string of the molecule is CN(CCNCc1cccc2cccnc12)C1CC1. The van der Waals surface area contributed by atoms with Crippen molar-refractivity contribution in [2.75, 3.05) is 20.1 Å². The van der Waals surface area contributed by atoms with Gasteiger partial charge in [0.05, 0.1) is 5.52 Å². The van der Waals surface area contributed by atoms with Crippen molar-refractivity contribution in [3.63, 3.8) is 0 Å². The fourth-order valence-electron chi connectivity index (χ4n) is 2.49. The summed E-state index contributed by atoms with van der Waals surface area (Å²) in [6.45, 7) is 3.06. The first-order valence-electron chi connectivity index (χ1n) is 7.08. The highest BCUT2D eigenvalue weighted by Crippen LogP contribution is 2.24. The molecule has 3 rings (SSSR count). The lowest BCUT2D eigenvalue weighted by atomic mass is 10.1. The number of hydrogen-bond donors (Lipinski definition) is 1. The Hall–Kier alpha value is -1.45. The number of benzene rings is 1. The van der Waals surface area contributed by atoms with Crippen LogP contribution in [0.25, 0.3) is 10.9 Å². The molecule has 0 atom stereocenters. The predicted octanol–water partition coefficient (Wildman–Crippen LogP) is 2.42. The molecule has 0 spiro atoms. The molecule has 2 aromatic rings. The maximum absolute atomic E-state index is 4.48. The van der Waals surface area contributed by atoms with Crippen molar-refractivity contribution < 1.29 is 0 Å². The molecular weight excluding hydrogens is 234 g/mol. The van der Waals surface area contributed by atoms with Crippen molar-refractivity contribution in [1.82, 2.24) is 15.2 Å². The van der Waals surface area contributed by atoms with Crippen LogP contribution in [0.4, 0.5) is 0 Å². The smallest absolute Gasteiger partial charge is 0.0746 e. The van der Waals surface area contributed by atoms with E-state index in [1.54, 1.807) is 0 Å². The van der Waals surface area contributed by atoms with Gasteiger partial charge in [0.15, 0.2) is 0 Å². The van der Waals surface area contributed by atoms with E-state index in [0.29, 0.717) is 0 Å². The highest BCUT2D eigenvalue weighted by molar-refractivity contribution is 5.81. The largest absolute Gasteiger partial charge is 0.311 e. The normalized spacial score (nSPS) is 15.3. The highest BCUT2D eigenvalue weighted by atomic mass is 15.2. The second-order valence-corrected chi connectivity index (χ2v) is 5.38. The molecule has 0 saturated heterocycles. The molecule has 19 heavy (non-hydrogen) atoms. The third-order valence-electron chi connectivity index (χ3n) is 3.84. The summed E-state index contributed by atoms with van der Waals surface area (Å²) in [5.41, 5.74) is 2.40. The third kappa shape index (κ3) is 3.11. The summed E-state index contributed by atoms with van der Waals surface area (Å²) in [7, 11) is 2.22. The number of hydrogen-bond acceptors (Lipinski definition) is 3. The third-order valence-corrected chi connectivity index (χ3v) is 3.84. The van der Waals surface area contributed by atoms with Gasteiger partial charge in [0.1, 0.15) is 0 Å². The minimum atomic E-state index is 0.848. The van der Waals surface area contributed by atoms with Gasteiger partial charge in [-0.15, -0.1) is 0 Å². The molecule has 1 fully saturated rings. The average molecular weight is 255 g/mol. The summed E-state index contributed by atoms with van der Waals surface area (Å²) in [6.07, 6.45) is 4.63. The maximum Gasteiger partial charge on any atom is 0.0746 e. The summed E-state index contributed by atoms with van der Waals surface area (Å²) >= 11 is 0. The fourth-order valence-corrected chi connectivity index (χ4v) is 2.49. The number of pyridine rings is 1. The van der Waals surface area contributed by atoms with Crippen LogP contribution in [0.3, 0.4) is 0 Å². The average Bonchev–Trinajstić information content (AvgIpc) is 3.28. The molecule has 1 saturated carbocycles. The molecule has 1 aliphatic rings. The molecule has 0 unspecified atom stereocenters. The first-order valence-corrected chi connectivity index (χ1v) is 7.08. The van der Waals surface area contributed by atoms with Gasteiger partial charge in [0.25, 0.3) is 0 Å². The van der Waals surface area contributed by atoms with E-state index in [4.69, 9.17) is 0 Å². The zero-order chi connectivity index (χ0) is 13.1. The van der Waals surface area contributed by atoms with Gasteiger partial charge in [-0.2, -0.15) is 0 Å². The number of likely N-dealkylation sites (N-methyl/N-ethyl adjacent to an activating group) is 1. The molecule has 100 valence electrons. The van der Waals surface area contributed by atoms with E-state index in [0.717, 1.165) is 31.2 Å². The number of aromatic nitrogens is 1. The second-order valence-electron chi connectivity index (χ2n) is 5.38. The van der Waals surface area contributed by atoms with Crippen LogP contribution >= 0.6 is 0 Å².